The molecule has 0 saturated carbocycles. The second-order valence-electron chi connectivity index (χ2n) is 5.08. The van der Waals surface area contributed by atoms with Crippen LogP contribution in [-0.4, -0.2) is 17.9 Å². The molecule has 18 heavy (non-hydrogen) atoms. The van der Waals surface area contributed by atoms with Crippen LogP contribution in [-0.2, 0) is 14.3 Å². The predicted octanol–water partition coefficient (Wildman–Crippen LogP) is 2.73. The first kappa shape index (κ1) is 12.8. The number of hydrogen-bond acceptors (Lipinski definition) is 3. The van der Waals surface area contributed by atoms with E-state index in [1.807, 2.05) is 13.0 Å². The minimum Gasteiger partial charge on any atom is -0.454 e. The minimum atomic E-state index is -0.315. The van der Waals surface area contributed by atoms with Gasteiger partial charge in [-0.15, -0.1) is 0 Å². The van der Waals surface area contributed by atoms with Gasteiger partial charge in [0, 0.05) is 17.9 Å². The maximum absolute atomic E-state index is 11.8. The molecule has 2 atom stereocenters. The number of Topliss-reactive ketones (excluding diaryl/α,β-unsaturated/α-hetero) is 1. The van der Waals surface area contributed by atoms with Crippen LogP contribution in [0.3, 0.4) is 0 Å². The lowest BCUT2D eigenvalue weighted by atomic mass is 9.87. The number of ketones is 1. The first-order valence-corrected chi connectivity index (χ1v) is 6.27. The van der Waals surface area contributed by atoms with E-state index in [1.54, 1.807) is 0 Å². The van der Waals surface area contributed by atoms with E-state index in [9.17, 15) is 9.59 Å². The fourth-order valence-electron chi connectivity index (χ4n) is 2.44. The Bertz CT molecular complexity index is 456. The van der Waals surface area contributed by atoms with Crippen LogP contribution in [0.2, 0.25) is 0 Å². The normalized spacial score (nSPS) is 32.6. The summed E-state index contributed by atoms with van der Waals surface area (Å²) in [6.07, 6.45) is 4.25. The Labute approximate surface area is 107 Å². The van der Waals surface area contributed by atoms with Crippen LogP contribution in [0.1, 0.15) is 32.6 Å². The van der Waals surface area contributed by atoms with Crippen molar-refractivity contribution in [2.45, 2.75) is 38.7 Å². The highest BCUT2D eigenvalue weighted by molar-refractivity contribution is 5.95. The molecule has 0 aromatic carbocycles. The molecule has 3 nitrogen and oxygen atoms in total. The molecular weight excluding hydrogens is 228 g/mol. The summed E-state index contributed by atoms with van der Waals surface area (Å²) < 4.78 is 5.31. The summed E-state index contributed by atoms with van der Waals surface area (Å²) in [7, 11) is 0. The molecule has 1 fully saturated rings. The summed E-state index contributed by atoms with van der Waals surface area (Å²) >= 11 is 0. The lowest BCUT2D eigenvalue weighted by molar-refractivity contribution is -0.137. The zero-order valence-corrected chi connectivity index (χ0v) is 10.7. The van der Waals surface area contributed by atoms with Gasteiger partial charge in [0.15, 0.2) is 5.78 Å². The SMILES string of the molecule is C=C1CC[C@H]2C(=C)C(=O)O[C@@H]2/C=C(\C)CCC1=O. The molecule has 0 bridgehead atoms. The van der Waals surface area contributed by atoms with Crippen molar-refractivity contribution in [2.24, 2.45) is 5.92 Å². The van der Waals surface area contributed by atoms with Gasteiger partial charge in [-0.25, -0.2) is 4.79 Å². The van der Waals surface area contributed by atoms with Crippen LogP contribution in [0.15, 0.2) is 36.0 Å². The number of rotatable bonds is 0. The van der Waals surface area contributed by atoms with Crippen molar-refractivity contribution >= 4 is 11.8 Å². The number of allylic oxidation sites excluding steroid dienone is 2. The molecule has 0 amide bonds. The fraction of sp³-hybridized carbons (Fsp3) is 0.467. The van der Waals surface area contributed by atoms with Crippen molar-refractivity contribution in [2.75, 3.05) is 0 Å². The van der Waals surface area contributed by atoms with Crippen LogP contribution in [0.4, 0.5) is 0 Å². The standard InChI is InChI=1S/C15H18O3/c1-9-4-7-13(16)10(2)5-6-12-11(3)15(17)18-14(12)8-9/h8,12,14H,2-7H2,1H3/b9-8+/t12-,14+/m0/s1. The number of carbonyl (C=O) groups is 2. The highest BCUT2D eigenvalue weighted by Gasteiger charge is 2.37. The molecule has 96 valence electrons. The molecule has 0 aromatic heterocycles. The molecule has 0 unspecified atom stereocenters. The highest BCUT2D eigenvalue weighted by Crippen LogP contribution is 2.34. The average molecular weight is 246 g/mol. The Balaban J connectivity index is 2.26. The van der Waals surface area contributed by atoms with Gasteiger partial charge in [0.25, 0.3) is 0 Å². The van der Waals surface area contributed by atoms with E-state index in [0.29, 0.717) is 36.8 Å². The summed E-state index contributed by atoms with van der Waals surface area (Å²) in [6, 6.07) is 0. The van der Waals surface area contributed by atoms with E-state index >= 15 is 0 Å². The van der Waals surface area contributed by atoms with E-state index in [1.165, 1.54) is 0 Å². The Morgan fingerprint density at radius 3 is 2.67 bits per heavy atom. The fourth-order valence-corrected chi connectivity index (χ4v) is 2.44. The number of fused-ring (bicyclic) bond motifs is 1. The molecule has 0 radical (unpaired) electrons. The van der Waals surface area contributed by atoms with E-state index < -0.39 is 0 Å². The molecule has 0 N–H and O–H groups in total. The Kier molecular flexibility index (Phi) is 3.50. The molecule has 1 aliphatic heterocycles. The van der Waals surface area contributed by atoms with Crippen molar-refractivity contribution in [3.05, 3.63) is 36.0 Å². The molecule has 1 heterocycles. The van der Waals surface area contributed by atoms with Crippen molar-refractivity contribution in [1.82, 2.24) is 0 Å². The highest BCUT2D eigenvalue weighted by atomic mass is 16.5. The zero-order chi connectivity index (χ0) is 13.3. The third kappa shape index (κ3) is 2.45. The number of hydrogen-bond donors (Lipinski definition) is 0. The third-order valence-corrected chi connectivity index (χ3v) is 3.70. The molecule has 0 aromatic rings. The monoisotopic (exact) mass is 246 g/mol. The van der Waals surface area contributed by atoms with Crippen LogP contribution in [0.25, 0.3) is 0 Å². The van der Waals surface area contributed by atoms with Gasteiger partial charge in [-0.05, 0) is 37.8 Å². The van der Waals surface area contributed by atoms with Gasteiger partial charge in [-0.3, -0.25) is 4.79 Å². The second kappa shape index (κ2) is 4.92. The molecular formula is C15H18O3. The lowest BCUT2D eigenvalue weighted by Crippen LogP contribution is -2.17. The smallest absolute Gasteiger partial charge is 0.334 e. The zero-order valence-electron chi connectivity index (χ0n) is 10.7. The summed E-state index contributed by atoms with van der Waals surface area (Å²) in [4.78, 5) is 23.3. The van der Waals surface area contributed by atoms with Crippen molar-refractivity contribution in [3.8, 4) is 0 Å². The van der Waals surface area contributed by atoms with E-state index in [4.69, 9.17) is 4.74 Å². The average Bonchev–Trinajstić information content (AvgIpc) is 2.58. The maximum atomic E-state index is 11.8. The summed E-state index contributed by atoms with van der Waals surface area (Å²) in [5.74, 6) is -0.211. The van der Waals surface area contributed by atoms with Crippen LogP contribution >= 0.6 is 0 Å². The lowest BCUT2D eigenvalue weighted by Gasteiger charge is -2.17. The second-order valence-corrected chi connectivity index (χ2v) is 5.08. The number of esters is 1. The quantitative estimate of drug-likeness (QED) is 0.375. The Morgan fingerprint density at radius 2 is 1.94 bits per heavy atom. The van der Waals surface area contributed by atoms with Gasteiger partial charge in [0.05, 0.1) is 0 Å². The predicted molar refractivity (Wildman–Crippen MR) is 68.9 cm³/mol. The summed E-state index contributed by atoms with van der Waals surface area (Å²) in [5, 5.41) is 0. The van der Waals surface area contributed by atoms with Gasteiger partial charge < -0.3 is 4.74 Å². The molecule has 0 spiro atoms. The summed E-state index contributed by atoms with van der Waals surface area (Å²) in [6.45, 7) is 9.59. The summed E-state index contributed by atoms with van der Waals surface area (Å²) in [5.41, 5.74) is 2.25. The molecule has 1 aliphatic carbocycles. The van der Waals surface area contributed by atoms with Crippen LogP contribution < -0.4 is 0 Å². The number of carbonyl (C=O) groups excluding carboxylic acids is 2. The van der Waals surface area contributed by atoms with E-state index in [-0.39, 0.29) is 23.8 Å². The molecule has 1 saturated heterocycles. The van der Waals surface area contributed by atoms with Gasteiger partial charge >= 0.3 is 5.97 Å². The molecule has 2 aliphatic rings. The number of ether oxygens (including phenoxy) is 1. The van der Waals surface area contributed by atoms with E-state index in [0.717, 1.165) is 5.57 Å². The molecule has 3 heteroatoms. The largest absolute Gasteiger partial charge is 0.454 e. The van der Waals surface area contributed by atoms with Crippen LogP contribution in [0.5, 0.6) is 0 Å². The van der Waals surface area contributed by atoms with Gasteiger partial charge in [-0.1, -0.05) is 18.7 Å². The minimum absolute atomic E-state index is 0.0184. The topological polar surface area (TPSA) is 43.4 Å². The van der Waals surface area contributed by atoms with Gasteiger partial charge in [0.1, 0.15) is 6.10 Å². The van der Waals surface area contributed by atoms with Crippen molar-refractivity contribution in [3.63, 3.8) is 0 Å². The van der Waals surface area contributed by atoms with E-state index in [2.05, 4.69) is 13.2 Å². The van der Waals surface area contributed by atoms with Gasteiger partial charge in [-0.2, -0.15) is 0 Å². The Hall–Kier alpha value is -1.64. The first-order valence-electron chi connectivity index (χ1n) is 6.27. The van der Waals surface area contributed by atoms with Crippen LogP contribution in [0, 0.1) is 5.92 Å². The first-order chi connectivity index (χ1) is 8.49. The Morgan fingerprint density at radius 1 is 1.22 bits per heavy atom. The van der Waals surface area contributed by atoms with Crippen molar-refractivity contribution in [1.29, 1.82) is 0 Å². The van der Waals surface area contributed by atoms with Gasteiger partial charge in [0.2, 0.25) is 0 Å². The van der Waals surface area contributed by atoms with Crippen molar-refractivity contribution < 1.29 is 14.3 Å². The maximum Gasteiger partial charge on any atom is 0.334 e. The third-order valence-electron chi connectivity index (χ3n) is 3.70. The molecule has 2 rings (SSSR count).